The van der Waals surface area contributed by atoms with E-state index in [1.807, 2.05) is 0 Å². The van der Waals surface area contributed by atoms with Crippen molar-refractivity contribution < 1.29 is 9.32 Å². The molecule has 2 aliphatic heterocycles. The van der Waals surface area contributed by atoms with Crippen LogP contribution >= 0.6 is 11.6 Å². The van der Waals surface area contributed by atoms with E-state index in [0.29, 0.717) is 34.6 Å². The third-order valence-electron chi connectivity index (χ3n) is 8.21. The Balaban J connectivity index is 1.20. The molecule has 5 unspecified atom stereocenters. The molecular formula is C22H25ClN6O2S. The maximum Gasteiger partial charge on any atom is 0.227 e. The molecule has 2 bridgehead atoms. The second-order valence-electron chi connectivity index (χ2n) is 10.1. The highest BCUT2D eigenvalue weighted by Crippen LogP contribution is 2.56. The fraction of sp³-hybridized carbons (Fsp3) is 0.636. The van der Waals surface area contributed by atoms with Gasteiger partial charge in [-0.05, 0) is 44.4 Å². The molecule has 2 N–H and O–H groups in total. The summed E-state index contributed by atoms with van der Waals surface area (Å²) in [7, 11) is -1.05. The molecule has 32 heavy (non-hydrogen) atoms. The molecule has 10 heteroatoms. The number of rotatable bonds is 5. The number of hydrogen-bond donors (Lipinski definition) is 2. The summed E-state index contributed by atoms with van der Waals surface area (Å²) in [5.41, 5.74) is 0.630. The van der Waals surface area contributed by atoms with Gasteiger partial charge in [0.25, 0.3) is 0 Å². The summed E-state index contributed by atoms with van der Waals surface area (Å²) in [5, 5.41) is 14.3. The lowest BCUT2D eigenvalue weighted by Gasteiger charge is -2.42. The van der Waals surface area contributed by atoms with Gasteiger partial charge in [-0.3, -0.25) is 4.21 Å². The second-order valence-corrected chi connectivity index (χ2v) is 12.1. The standard InChI is InChI=1S/C22H25ClN6O2S/c23-12-7-24-19(25-8-12)14-5-13-4-11(14)9-29(13)21-26-17-15-6-16(15)32(31)18(17)20(27-21)28-22(10-30)2-1-3-22/h7-8,11,13-16,30H,1-6,9-10H2,(H,26,27,28)/t11?,13?,14?,15?,16?,32-/m1/s1. The lowest BCUT2D eigenvalue weighted by Crippen LogP contribution is -2.49. The highest BCUT2D eigenvalue weighted by molar-refractivity contribution is 7.86. The van der Waals surface area contributed by atoms with Crippen LogP contribution in [0.15, 0.2) is 17.3 Å². The number of fused-ring (bicyclic) bond motifs is 5. The zero-order valence-corrected chi connectivity index (χ0v) is 19.1. The minimum absolute atomic E-state index is 0.0672. The second kappa shape index (κ2) is 6.84. The third-order valence-corrected chi connectivity index (χ3v) is 10.3. The summed E-state index contributed by atoms with van der Waals surface area (Å²) in [6.07, 6.45) is 9.29. The maximum absolute atomic E-state index is 13.0. The number of halogens is 1. The van der Waals surface area contributed by atoms with Crippen molar-refractivity contribution in [2.45, 2.75) is 72.1 Å². The van der Waals surface area contributed by atoms with Crippen molar-refractivity contribution in [3.63, 3.8) is 0 Å². The number of aliphatic hydroxyl groups is 1. The van der Waals surface area contributed by atoms with Crippen LogP contribution in [0.1, 0.15) is 61.9 Å². The summed E-state index contributed by atoms with van der Waals surface area (Å²) >= 11 is 5.97. The van der Waals surface area contributed by atoms with Crippen molar-refractivity contribution in [1.82, 2.24) is 19.9 Å². The van der Waals surface area contributed by atoms with Crippen LogP contribution in [0, 0.1) is 5.92 Å². The lowest BCUT2D eigenvalue weighted by atomic mass is 9.77. The Hall–Kier alpha value is -1.84. The van der Waals surface area contributed by atoms with Gasteiger partial charge in [0, 0.05) is 42.1 Å². The molecule has 0 spiro atoms. The predicted molar refractivity (Wildman–Crippen MR) is 121 cm³/mol. The number of nitrogens with one attached hydrogen (secondary N) is 1. The minimum atomic E-state index is -1.05. The summed E-state index contributed by atoms with van der Waals surface area (Å²) in [5.74, 6) is 3.41. The molecule has 7 rings (SSSR count). The summed E-state index contributed by atoms with van der Waals surface area (Å²) in [6.45, 7) is 0.944. The van der Waals surface area contributed by atoms with E-state index in [4.69, 9.17) is 21.6 Å². The Morgan fingerprint density at radius 3 is 2.66 bits per heavy atom. The normalized spacial score (nSPS) is 35.4. The number of piperidine rings is 1. The van der Waals surface area contributed by atoms with E-state index < -0.39 is 10.8 Å². The molecule has 0 amide bonds. The molecule has 4 fully saturated rings. The van der Waals surface area contributed by atoms with Crippen LogP contribution < -0.4 is 10.2 Å². The van der Waals surface area contributed by atoms with Gasteiger partial charge >= 0.3 is 0 Å². The van der Waals surface area contributed by atoms with Gasteiger partial charge in [-0.25, -0.2) is 15.0 Å². The van der Waals surface area contributed by atoms with Gasteiger partial charge in [0.15, 0.2) is 0 Å². The van der Waals surface area contributed by atoms with Crippen LogP contribution in [0.3, 0.4) is 0 Å². The molecule has 2 aromatic rings. The summed E-state index contributed by atoms with van der Waals surface area (Å²) in [4.78, 5) is 21.9. The van der Waals surface area contributed by atoms with E-state index in [9.17, 15) is 9.32 Å². The summed E-state index contributed by atoms with van der Waals surface area (Å²) in [6, 6.07) is 0.354. The lowest BCUT2D eigenvalue weighted by molar-refractivity contribution is 0.143. The molecule has 0 radical (unpaired) electrons. The van der Waals surface area contributed by atoms with E-state index >= 15 is 0 Å². The van der Waals surface area contributed by atoms with Crippen LogP contribution in [0.4, 0.5) is 11.8 Å². The first kappa shape index (κ1) is 19.6. The Kier molecular flexibility index (Phi) is 4.19. The van der Waals surface area contributed by atoms with Gasteiger partial charge < -0.3 is 15.3 Å². The fourth-order valence-electron chi connectivity index (χ4n) is 6.17. The van der Waals surface area contributed by atoms with Crippen molar-refractivity contribution in [3.8, 4) is 0 Å². The van der Waals surface area contributed by atoms with Gasteiger partial charge in [0.2, 0.25) is 5.95 Å². The van der Waals surface area contributed by atoms with Crippen molar-refractivity contribution in [3.05, 3.63) is 28.9 Å². The topological polar surface area (TPSA) is 104 Å². The van der Waals surface area contributed by atoms with E-state index in [1.165, 1.54) is 0 Å². The Morgan fingerprint density at radius 2 is 2.00 bits per heavy atom. The molecule has 0 aromatic carbocycles. The zero-order valence-electron chi connectivity index (χ0n) is 17.6. The minimum Gasteiger partial charge on any atom is -0.394 e. The van der Waals surface area contributed by atoms with Crippen LogP contribution in [0.2, 0.25) is 5.02 Å². The molecule has 5 aliphatic rings. The number of aromatic nitrogens is 4. The van der Waals surface area contributed by atoms with E-state index in [2.05, 4.69) is 20.2 Å². The van der Waals surface area contributed by atoms with Crippen LogP contribution in [0.25, 0.3) is 0 Å². The molecule has 4 heterocycles. The first-order valence-corrected chi connectivity index (χ1v) is 13.1. The molecular weight excluding hydrogens is 448 g/mol. The molecule has 3 aliphatic carbocycles. The Morgan fingerprint density at radius 1 is 1.19 bits per heavy atom. The maximum atomic E-state index is 13.0. The molecule has 3 saturated carbocycles. The van der Waals surface area contributed by atoms with Gasteiger partial charge in [0.1, 0.15) is 16.5 Å². The largest absolute Gasteiger partial charge is 0.394 e. The van der Waals surface area contributed by atoms with Crippen molar-refractivity contribution in [2.75, 3.05) is 23.4 Å². The monoisotopic (exact) mass is 472 g/mol. The fourth-order valence-corrected chi connectivity index (χ4v) is 8.07. The van der Waals surface area contributed by atoms with Crippen molar-refractivity contribution >= 4 is 34.2 Å². The number of hydrogen-bond acceptors (Lipinski definition) is 8. The van der Waals surface area contributed by atoms with E-state index in [0.717, 1.165) is 67.4 Å². The smallest absolute Gasteiger partial charge is 0.227 e. The molecule has 6 atom stereocenters. The van der Waals surface area contributed by atoms with E-state index in [1.54, 1.807) is 12.4 Å². The molecule has 1 saturated heterocycles. The average molecular weight is 473 g/mol. The highest BCUT2D eigenvalue weighted by atomic mass is 35.5. The van der Waals surface area contributed by atoms with E-state index in [-0.39, 0.29) is 17.4 Å². The predicted octanol–water partition coefficient (Wildman–Crippen LogP) is 2.61. The number of nitrogens with zero attached hydrogens (tertiary/aromatic N) is 5. The average Bonchev–Trinajstić information content (AvgIpc) is 3.19. The third kappa shape index (κ3) is 2.80. The SMILES string of the molecule is O=[S@]1c2c(NC3(CO)CCC3)nc(N3CC4CC3CC4c3ncc(Cl)cn3)nc2C2CC21. The molecule has 2 aromatic heterocycles. The van der Waals surface area contributed by atoms with Crippen molar-refractivity contribution in [1.29, 1.82) is 0 Å². The van der Waals surface area contributed by atoms with Gasteiger partial charge in [0.05, 0.1) is 33.7 Å². The van der Waals surface area contributed by atoms with Gasteiger partial charge in [-0.1, -0.05) is 11.6 Å². The molecule has 168 valence electrons. The first-order chi connectivity index (χ1) is 15.5. The van der Waals surface area contributed by atoms with Crippen LogP contribution in [0.5, 0.6) is 0 Å². The first-order valence-electron chi connectivity index (χ1n) is 11.5. The Bertz CT molecular complexity index is 1120. The highest BCUT2D eigenvalue weighted by Gasteiger charge is 2.55. The van der Waals surface area contributed by atoms with Crippen LogP contribution in [-0.4, -0.2) is 59.2 Å². The Labute approximate surface area is 193 Å². The number of anilines is 2. The zero-order chi connectivity index (χ0) is 21.6. The van der Waals surface area contributed by atoms with Gasteiger partial charge in [-0.2, -0.15) is 4.98 Å². The summed E-state index contributed by atoms with van der Waals surface area (Å²) < 4.78 is 13.0. The number of aliphatic hydroxyl groups excluding tert-OH is 1. The van der Waals surface area contributed by atoms with Gasteiger partial charge in [-0.15, -0.1) is 0 Å². The van der Waals surface area contributed by atoms with Crippen LogP contribution in [-0.2, 0) is 10.8 Å². The molecule has 8 nitrogen and oxygen atoms in total. The van der Waals surface area contributed by atoms with Crippen molar-refractivity contribution in [2.24, 2.45) is 5.92 Å². The quantitative estimate of drug-likeness (QED) is 0.684.